The number of nitrogens with one attached hydrogen (secondary N) is 1. The number of anilines is 1. The normalized spacial score (nSPS) is 9.68. The number of aryl methyl sites for hydroxylation is 1. The molecule has 0 aliphatic carbocycles. The second-order valence-electron chi connectivity index (χ2n) is 5.24. The van der Waals surface area contributed by atoms with Crippen molar-refractivity contribution in [3.8, 4) is 23.9 Å². The summed E-state index contributed by atoms with van der Waals surface area (Å²) >= 11 is 0. The Kier molecular flexibility index (Phi) is 4.16. The molecule has 1 aromatic heterocycles. The van der Waals surface area contributed by atoms with Crippen LogP contribution >= 0.6 is 0 Å². The Balaban J connectivity index is 1.97. The SMILES string of the molecule is Cc1nc2ccccc2n1-c1ccc(NC(C#N)=C(C#N)C#N)cc1. The lowest BCUT2D eigenvalue weighted by Crippen LogP contribution is -2.01. The summed E-state index contributed by atoms with van der Waals surface area (Å²) in [5.41, 5.74) is 3.16. The topological polar surface area (TPSA) is 101 Å². The third-order valence-corrected chi connectivity index (χ3v) is 3.71. The third-order valence-electron chi connectivity index (χ3n) is 3.71. The zero-order chi connectivity index (χ0) is 17.8. The van der Waals surface area contributed by atoms with Crippen LogP contribution in [0, 0.1) is 40.9 Å². The molecule has 0 spiro atoms. The molecule has 0 aliphatic rings. The average Bonchev–Trinajstić information content (AvgIpc) is 2.98. The number of benzene rings is 2. The number of rotatable bonds is 3. The van der Waals surface area contributed by atoms with E-state index in [1.807, 2.05) is 54.0 Å². The van der Waals surface area contributed by atoms with Crippen molar-refractivity contribution in [2.45, 2.75) is 6.92 Å². The van der Waals surface area contributed by atoms with E-state index in [0.29, 0.717) is 5.69 Å². The predicted molar refractivity (Wildman–Crippen MR) is 93.3 cm³/mol. The Morgan fingerprint density at radius 1 is 0.960 bits per heavy atom. The van der Waals surface area contributed by atoms with E-state index < -0.39 is 0 Å². The van der Waals surface area contributed by atoms with Crippen molar-refractivity contribution in [3.05, 3.63) is 65.6 Å². The largest absolute Gasteiger partial charge is 0.345 e. The molecule has 0 radical (unpaired) electrons. The zero-order valence-electron chi connectivity index (χ0n) is 13.4. The lowest BCUT2D eigenvalue weighted by atomic mass is 10.2. The van der Waals surface area contributed by atoms with Gasteiger partial charge in [0.25, 0.3) is 0 Å². The summed E-state index contributed by atoms with van der Waals surface area (Å²) in [5.74, 6) is 0.871. The number of hydrogen-bond acceptors (Lipinski definition) is 5. The maximum absolute atomic E-state index is 9.09. The summed E-state index contributed by atoms with van der Waals surface area (Å²) in [7, 11) is 0. The monoisotopic (exact) mass is 324 g/mol. The van der Waals surface area contributed by atoms with Crippen molar-refractivity contribution in [2.24, 2.45) is 0 Å². The van der Waals surface area contributed by atoms with Gasteiger partial charge in [0.05, 0.1) is 11.0 Å². The minimum Gasteiger partial charge on any atom is -0.345 e. The van der Waals surface area contributed by atoms with Gasteiger partial charge >= 0.3 is 0 Å². The highest BCUT2D eigenvalue weighted by Crippen LogP contribution is 2.22. The van der Waals surface area contributed by atoms with Crippen LogP contribution in [-0.4, -0.2) is 9.55 Å². The standard InChI is InChI=1S/C19H12N6/c1-13-23-17-4-2-3-5-19(17)25(13)16-8-6-15(7-9-16)24-18(12-22)14(10-20)11-21/h2-9,24H,1H3. The Morgan fingerprint density at radius 2 is 1.64 bits per heavy atom. The van der Waals surface area contributed by atoms with E-state index >= 15 is 0 Å². The second-order valence-corrected chi connectivity index (χ2v) is 5.24. The first kappa shape index (κ1) is 15.8. The van der Waals surface area contributed by atoms with E-state index in [4.69, 9.17) is 15.8 Å². The van der Waals surface area contributed by atoms with Gasteiger partial charge in [-0.05, 0) is 43.3 Å². The average molecular weight is 324 g/mol. The van der Waals surface area contributed by atoms with Crippen molar-refractivity contribution in [1.82, 2.24) is 9.55 Å². The molecule has 0 fully saturated rings. The summed E-state index contributed by atoms with van der Waals surface area (Å²) in [6.07, 6.45) is 0. The predicted octanol–water partition coefficient (Wildman–Crippen LogP) is 3.57. The highest BCUT2D eigenvalue weighted by Gasteiger charge is 2.09. The molecule has 0 atom stereocenters. The van der Waals surface area contributed by atoms with Gasteiger partial charge in [-0.25, -0.2) is 4.98 Å². The molecule has 2 aromatic carbocycles. The number of nitriles is 3. The quantitative estimate of drug-likeness (QED) is 0.742. The third kappa shape index (κ3) is 2.91. The molecule has 0 bridgehead atoms. The van der Waals surface area contributed by atoms with Crippen LogP contribution < -0.4 is 5.32 Å². The molecule has 3 rings (SSSR count). The lowest BCUT2D eigenvalue weighted by Gasteiger charge is -2.09. The van der Waals surface area contributed by atoms with E-state index in [1.54, 1.807) is 24.3 Å². The van der Waals surface area contributed by atoms with Crippen LogP contribution in [0.2, 0.25) is 0 Å². The molecular weight excluding hydrogens is 312 g/mol. The molecule has 0 saturated heterocycles. The van der Waals surface area contributed by atoms with Crippen molar-refractivity contribution in [3.63, 3.8) is 0 Å². The van der Waals surface area contributed by atoms with Crippen LogP contribution in [-0.2, 0) is 0 Å². The minimum absolute atomic E-state index is 0.0676. The van der Waals surface area contributed by atoms with Crippen LogP contribution in [0.3, 0.4) is 0 Å². The molecule has 0 unspecified atom stereocenters. The van der Waals surface area contributed by atoms with Gasteiger partial charge in [-0.15, -0.1) is 0 Å². The lowest BCUT2D eigenvalue weighted by molar-refractivity contribution is 1.00. The fourth-order valence-corrected chi connectivity index (χ4v) is 2.59. The van der Waals surface area contributed by atoms with Gasteiger partial charge in [0.2, 0.25) is 0 Å². The van der Waals surface area contributed by atoms with Crippen LogP contribution in [0.1, 0.15) is 5.82 Å². The van der Waals surface area contributed by atoms with Gasteiger partial charge < -0.3 is 5.32 Å². The number of imidazole rings is 1. The molecule has 6 heteroatoms. The first-order valence-electron chi connectivity index (χ1n) is 7.44. The molecule has 1 heterocycles. The summed E-state index contributed by atoms with van der Waals surface area (Å²) in [5, 5.41) is 29.6. The summed E-state index contributed by atoms with van der Waals surface area (Å²) < 4.78 is 2.04. The van der Waals surface area contributed by atoms with Crippen LogP contribution in [0.4, 0.5) is 5.69 Å². The maximum atomic E-state index is 9.09. The number of fused-ring (bicyclic) bond motifs is 1. The fourth-order valence-electron chi connectivity index (χ4n) is 2.59. The van der Waals surface area contributed by atoms with E-state index in [9.17, 15) is 0 Å². The smallest absolute Gasteiger partial charge is 0.163 e. The molecule has 6 nitrogen and oxygen atoms in total. The van der Waals surface area contributed by atoms with Gasteiger partial charge in [0.15, 0.2) is 5.57 Å². The molecule has 3 aromatic rings. The Hall–Kier alpha value is -4.08. The van der Waals surface area contributed by atoms with Crippen molar-refractivity contribution >= 4 is 16.7 Å². The van der Waals surface area contributed by atoms with Gasteiger partial charge in [-0.1, -0.05) is 12.1 Å². The van der Waals surface area contributed by atoms with Crippen molar-refractivity contribution in [1.29, 1.82) is 15.8 Å². The van der Waals surface area contributed by atoms with Crippen molar-refractivity contribution in [2.75, 3.05) is 5.32 Å². The summed E-state index contributed by atoms with van der Waals surface area (Å²) in [4.78, 5) is 4.54. The Morgan fingerprint density at radius 3 is 2.28 bits per heavy atom. The van der Waals surface area contributed by atoms with Gasteiger partial charge in [-0.3, -0.25) is 4.57 Å². The first-order valence-corrected chi connectivity index (χ1v) is 7.44. The van der Waals surface area contributed by atoms with Crippen LogP contribution in [0.5, 0.6) is 0 Å². The van der Waals surface area contributed by atoms with E-state index in [1.165, 1.54) is 0 Å². The maximum Gasteiger partial charge on any atom is 0.163 e. The molecule has 118 valence electrons. The van der Waals surface area contributed by atoms with Gasteiger partial charge in [0, 0.05) is 11.4 Å². The Bertz CT molecular complexity index is 1080. The van der Waals surface area contributed by atoms with Gasteiger partial charge in [-0.2, -0.15) is 15.8 Å². The second kappa shape index (κ2) is 6.58. The van der Waals surface area contributed by atoms with E-state index in [2.05, 4.69) is 10.3 Å². The first-order chi connectivity index (χ1) is 12.2. The molecular formula is C19H12N6. The minimum atomic E-state index is -0.247. The molecule has 0 amide bonds. The summed E-state index contributed by atoms with van der Waals surface area (Å²) in [6, 6.07) is 20.5. The highest BCUT2D eigenvalue weighted by atomic mass is 15.1. The Labute approximate surface area is 144 Å². The van der Waals surface area contributed by atoms with Crippen LogP contribution in [0.15, 0.2) is 59.8 Å². The fraction of sp³-hybridized carbons (Fsp3) is 0.0526. The number of nitrogens with zero attached hydrogens (tertiary/aromatic N) is 5. The number of allylic oxidation sites excluding steroid dienone is 2. The number of para-hydroxylation sites is 2. The zero-order valence-corrected chi connectivity index (χ0v) is 13.4. The number of aromatic nitrogens is 2. The van der Waals surface area contributed by atoms with Crippen molar-refractivity contribution < 1.29 is 0 Å². The van der Waals surface area contributed by atoms with Gasteiger partial charge in [0.1, 0.15) is 29.7 Å². The molecule has 1 N–H and O–H groups in total. The molecule has 0 aliphatic heterocycles. The summed E-state index contributed by atoms with van der Waals surface area (Å²) in [6.45, 7) is 1.94. The van der Waals surface area contributed by atoms with E-state index in [0.717, 1.165) is 22.5 Å². The van der Waals surface area contributed by atoms with E-state index in [-0.39, 0.29) is 11.3 Å². The number of hydrogen-bond donors (Lipinski definition) is 1. The molecule has 25 heavy (non-hydrogen) atoms. The highest BCUT2D eigenvalue weighted by molar-refractivity contribution is 5.78. The molecule has 0 saturated carbocycles. The van der Waals surface area contributed by atoms with Crippen LogP contribution in [0.25, 0.3) is 16.7 Å².